The number of sulfonamides is 1. The number of nitrogens with zero attached hydrogens (tertiary/aromatic N) is 4. The minimum atomic E-state index is -3.54. The van der Waals surface area contributed by atoms with Gasteiger partial charge in [0.05, 0.1) is 12.1 Å². The van der Waals surface area contributed by atoms with Gasteiger partial charge in [0, 0.05) is 19.0 Å². The Kier molecular flexibility index (Phi) is 6.61. The number of para-hydroxylation sites is 1. The van der Waals surface area contributed by atoms with Crippen LogP contribution >= 0.6 is 11.3 Å². The Balaban J connectivity index is 1.83. The average Bonchev–Trinajstić information content (AvgIpc) is 3.20. The number of thiophene rings is 1. The van der Waals surface area contributed by atoms with Gasteiger partial charge in [0.1, 0.15) is 15.9 Å². The van der Waals surface area contributed by atoms with E-state index in [0.717, 1.165) is 36.2 Å². The largest absolute Gasteiger partial charge is 0.369 e. The lowest BCUT2D eigenvalue weighted by atomic mass is 10.2. The molecule has 0 fully saturated rings. The molecule has 0 aliphatic rings. The molecule has 0 saturated carbocycles. The fourth-order valence-electron chi connectivity index (χ4n) is 2.78. The topological polar surface area (TPSA) is 78.4 Å². The van der Waals surface area contributed by atoms with E-state index in [0.29, 0.717) is 10.0 Å². The second kappa shape index (κ2) is 8.95. The first-order chi connectivity index (χ1) is 13.4. The molecule has 0 bridgehead atoms. The van der Waals surface area contributed by atoms with Crippen molar-refractivity contribution in [3.8, 4) is 0 Å². The quantitative estimate of drug-likeness (QED) is 0.538. The number of anilines is 1. The average molecular weight is 420 g/mol. The van der Waals surface area contributed by atoms with Gasteiger partial charge >= 0.3 is 0 Å². The highest BCUT2D eigenvalue weighted by Gasteiger charge is 2.23. The molecule has 0 radical (unpaired) electrons. The minimum Gasteiger partial charge on any atom is -0.369 e. The van der Waals surface area contributed by atoms with Gasteiger partial charge in [0.25, 0.3) is 10.0 Å². The molecule has 0 aliphatic heterocycles. The number of nitrogens with one attached hydrogen (secondary N) is 1. The summed E-state index contributed by atoms with van der Waals surface area (Å²) in [4.78, 5) is 11.3. The van der Waals surface area contributed by atoms with Gasteiger partial charge in [-0.15, -0.1) is 11.3 Å². The van der Waals surface area contributed by atoms with Crippen molar-refractivity contribution in [3.63, 3.8) is 0 Å². The fourth-order valence-corrected chi connectivity index (χ4v) is 5.11. The Labute approximate surface area is 170 Å². The maximum absolute atomic E-state index is 12.7. The lowest BCUT2D eigenvalue weighted by Gasteiger charge is -2.17. The maximum Gasteiger partial charge on any atom is 0.252 e. The minimum absolute atomic E-state index is 0.109. The predicted octanol–water partition coefficient (Wildman–Crippen LogP) is 2.88. The van der Waals surface area contributed by atoms with Crippen LogP contribution in [0.4, 0.5) is 5.82 Å². The van der Waals surface area contributed by atoms with Gasteiger partial charge in [-0.05, 0) is 50.6 Å². The van der Waals surface area contributed by atoms with Crippen LogP contribution in [0.3, 0.4) is 0 Å². The Morgan fingerprint density at radius 3 is 2.57 bits per heavy atom. The Bertz CT molecular complexity index is 1020. The number of benzene rings is 1. The molecular formula is C19H25N5O2S2. The van der Waals surface area contributed by atoms with E-state index in [2.05, 4.69) is 20.2 Å². The zero-order chi connectivity index (χ0) is 20.1. The van der Waals surface area contributed by atoms with Crippen molar-refractivity contribution in [2.45, 2.75) is 17.2 Å². The molecule has 0 saturated heterocycles. The second-order valence-corrected chi connectivity index (χ2v) is 10.0. The standard InChI is InChI=1S/C19H25N5O2S2/c1-23(2)12-7-11-20-19-15-8-4-5-9-16(15)21-17(22-19)14-24(3)28(25,26)18-10-6-13-27-18/h4-6,8-10,13H,7,11-12,14H2,1-3H3,(H,20,21,22). The molecule has 1 N–H and O–H groups in total. The van der Waals surface area contributed by atoms with Gasteiger partial charge in [-0.2, -0.15) is 4.31 Å². The molecule has 7 nitrogen and oxygen atoms in total. The van der Waals surface area contributed by atoms with Crippen LogP contribution in [0.1, 0.15) is 12.2 Å². The highest BCUT2D eigenvalue weighted by Crippen LogP contribution is 2.23. The third kappa shape index (κ3) is 4.85. The van der Waals surface area contributed by atoms with Crippen molar-refractivity contribution >= 4 is 38.1 Å². The van der Waals surface area contributed by atoms with Crippen molar-refractivity contribution in [1.29, 1.82) is 0 Å². The van der Waals surface area contributed by atoms with Crippen LogP contribution in [0.5, 0.6) is 0 Å². The fraction of sp³-hybridized carbons (Fsp3) is 0.368. The SMILES string of the molecule is CN(C)CCCNc1nc(CN(C)S(=O)(=O)c2cccs2)nc2ccccc12. The number of fused-ring (bicyclic) bond motifs is 1. The van der Waals surface area contributed by atoms with Crippen LogP contribution in [0.15, 0.2) is 46.0 Å². The maximum atomic E-state index is 12.7. The second-order valence-electron chi connectivity index (χ2n) is 6.78. The number of rotatable bonds is 9. The molecule has 0 atom stereocenters. The normalized spacial score (nSPS) is 12.2. The molecule has 0 unspecified atom stereocenters. The van der Waals surface area contributed by atoms with E-state index < -0.39 is 10.0 Å². The van der Waals surface area contributed by atoms with E-state index in [1.165, 1.54) is 15.6 Å². The van der Waals surface area contributed by atoms with Crippen molar-refractivity contribution in [3.05, 3.63) is 47.6 Å². The van der Waals surface area contributed by atoms with Gasteiger partial charge in [-0.3, -0.25) is 0 Å². The molecule has 1 aromatic carbocycles. The summed E-state index contributed by atoms with van der Waals surface area (Å²) >= 11 is 1.20. The first-order valence-electron chi connectivity index (χ1n) is 9.02. The van der Waals surface area contributed by atoms with Crippen LogP contribution < -0.4 is 5.32 Å². The van der Waals surface area contributed by atoms with E-state index in [1.807, 2.05) is 38.4 Å². The lowest BCUT2D eigenvalue weighted by Crippen LogP contribution is -2.27. The molecule has 0 amide bonds. The van der Waals surface area contributed by atoms with Crippen LogP contribution in [-0.4, -0.2) is 61.8 Å². The predicted molar refractivity (Wildman–Crippen MR) is 114 cm³/mol. The Morgan fingerprint density at radius 1 is 1.07 bits per heavy atom. The molecule has 2 aromatic heterocycles. The highest BCUT2D eigenvalue weighted by molar-refractivity contribution is 7.91. The third-order valence-electron chi connectivity index (χ3n) is 4.25. The van der Waals surface area contributed by atoms with Crippen LogP contribution in [0.25, 0.3) is 10.9 Å². The molecule has 9 heteroatoms. The van der Waals surface area contributed by atoms with Crippen LogP contribution in [0, 0.1) is 0 Å². The molecule has 0 spiro atoms. The molecule has 3 rings (SSSR count). The Morgan fingerprint density at radius 2 is 1.86 bits per heavy atom. The van der Waals surface area contributed by atoms with Crippen molar-refractivity contribution < 1.29 is 8.42 Å². The van der Waals surface area contributed by atoms with Gasteiger partial charge in [-0.25, -0.2) is 18.4 Å². The van der Waals surface area contributed by atoms with Gasteiger partial charge < -0.3 is 10.2 Å². The van der Waals surface area contributed by atoms with E-state index >= 15 is 0 Å². The lowest BCUT2D eigenvalue weighted by molar-refractivity contribution is 0.405. The summed E-state index contributed by atoms with van der Waals surface area (Å²) in [5.74, 6) is 1.21. The molecule has 150 valence electrons. The Hall–Kier alpha value is -2.07. The van der Waals surface area contributed by atoms with E-state index in [9.17, 15) is 8.42 Å². The summed E-state index contributed by atoms with van der Waals surface area (Å²) in [5.41, 5.74) is 0.796. The summed E-state index contributed by atoms with van der Waals surface area (Å²) in [6.45, 7) is 1.87. The highest BCUT2D eigenvalue weighted by atomic mass is 32.2. The van der Waals surface area contributed by atoms with E-state index in [4.69, 9.17) is 0 Å². The first-order valence-corrected chi connectivity index (χ1v) is 11.3. The molecule has 28 heavy (non-hydrogen) atoms. The molecular weight excluding hydrogens is 394 g/mol. The van der Waals surface area contributed by atoms with Gasteiger partial charge in [0.15, 0.2) is 0 Å². The summed E-state index contributed by atoms with van der Waals surface area (Å²) in [5, 5.41) is 6.06. The number of hydrogen-bond donors (Lipinski definition) is 1. The van der Waals surface area contributed by atoms with Gasteiger partial charge in [-0.1, -0.05) is 18.2 Å². The number of hydrogen-bond acceptors (Lipinski definition) is 7. The van der Waals surface area contributed by atoms with Crippen molar-refractivity contribution in [2.75, 3.05) is 39.5 Å². The summed E-state index contributed by atoms with van der Waals surface area (Å²) in [6.07, 6.45) is 0.979. The monoisotopic (exact) mass is 419 g/mol. The van der Waals surface area contributed by atoms with E-state index in [-0.39, 0.29) is 6.54 Å². The first kappa shape index (κ1) is 20.7. The summed E-state index contributed by atoms with van der Waals surface area (Å²) < 4.78 is 27.0. The third-order valence-corrected chi connectivity index (χ3v) is 7.42. The summed E-state index contributed by atoms with van der Waals surface area (Å²) in [6, 6.07) is 11.1. The number of aromatic nitrogens is 2. The molecule has 0 aliphatic carbocycles. The van der Waals surface area contributed by atoms with Crippen LogP contribution in [-0.2, 0) is 16.6 Å². The van der Waals surface area contributed by atoms with E-state index in [1.54, 1.807) is 24.6 Å². The van der Waals surface area contributed by atoms with Crippen molar-refractivity contribution in [2.24, 2.45) is 0 Å². The molecule has 2 heterocycles. The smallest absolute Gasteiger partial charge is 0.252 e. The van der Waals surface area contributed by atoms with Crippen LogP contribution in [0.2, 0.25) is 0 Å². The zero-order valence-electron chi connectivity index (χ0n) is 16.3. The van der Waals surface area contributed by atoms with Crippen molar-refractivity contribution in [1.82, 2.24) is 19.2 Å². The summed E-state index contributed by atoms with van der Waals surface area (Å²) in [7, 11) is 2.10. The molecule has 3 aromatic rings. The zero-order valence-corrected chi connectivity index (χ0v) is 17.9. The van der Waals surface area contributed by atoms with Gasteiger partial charge in [0.2, 0.25) is 0 Å².